The number of nitrogens with zero attached hydrogens (tertiary/aromatic N) is 1. The molecule has 6 atom stereocenters. The number of anilines is 2. The first-order valence-corrected chi connectivity index (χ1v) is 11.3. The number of ether oxygens (including phenoxy) is 1. The molecule has 5 aliphatic rings. The summed E-state index contributed by atoms with van der Waals surface area (Å²) in [6.45, 7) is -0.538. The second-order valence-electron chi connectivity index (χ2n) is 9.35. The van der Waals surface area contributed by atoms with E-state index < -0.39 is 24.3 Å². The van der Waals surface area contributed by atoms with Crippen LogP contribution in [0.5, 0.6) is 0 Å². The Morgan fingerprint density at radius 3 is 2.26 bits per heavy atom. The maximum Gasteiger partial charge on any atom is 0.338 e. The van der Waals surface area contributed by atoms with E-state index in [-0.39, 0.29) is 41.0 Å². The fraction of sp³-hybridized carbons (Fsp3) is 0.308. The number of hydrogen-bond acceptors (Lipinski definition) is 5. The number of hydrogen-bond donors (Lipinski definition) is 1. The van der Waals surface area contributed by atoms with E-state index in [0.717, 1.165) is 6.42 Å². The second-order valence-corrected chi connectivity index (χ2v) is 9.35. The fourth-order valence-corrected chi connectivity index (χ4v) is 5.93. The average Bonchev–Trinajstić information content (AvgIpc) is 3.62. The smallest absolute Gasteiger partial charge is 0.338 e. The van der Waals surface area contributed by atoms with Gasteiger partial charge in [0.05, 0.1) is 23.1 Å². The van der Waals surface area contributed by atoms with Crippen LogP contribution >= 0.6 is 0 Å². The number of allylic oxidation sites excluding steroid dienone is 2. The Morgan fingerprint density at radius 1 is 0.971 bits per heavy atom. The van der Waals surface area contributed by atoms with Crippen LogP contribution in [0.1, 0.15) is 16.8 Å². The van der Waals surface area contributed by atoms with E-state index in [4.69, 9.17) is 4.74 Å². The van der Waals surface area contributed by atoms with Gasteiger partial charge in [-0.25, -0.2) is 14.1 Å². The molecule has 3 amide bonds. The molecule has 1 saturated heterocycles. The summed E-state index contributed by atoms with van der Waals surface area (Å²) in [6, 6.07) is 11.4. The van der Waals surface area contributed by atoms with Crippen molar-refractivity contribution in [3.05, 3.63) is 72.1 Å². The zero-order chi connectivity index (χ0) is 23.6. The highest BCUT2D eigenvalue weighted by molar-refractivity contribution is 6.23. The van der Waals surface area contributed by atoms with Crippen molar-refractivity contribution in [3.8, 4) is 0 Å². The first kappa shape index (κ1) is 20.8. The zero-order valence-corrected chi connectivity index (χ0v) is 18.0. The largest absolute Gasteiger partial charge is 0.452 e. The minimum Gasteiger partial charge on any atom is -0.452 e. The third-order valence-corrected chi connectivity index (χ3v) is 7.47. The number of nitrogens with one attached hydrogen (secondary N) is 1. The Bertz CT molecular complexity index is 1220. The van der Waals surface area contributed by atoms with Crippen LogP contribution in [-0.4, -0.2) is 30.3 Å². The van der Waals surface area contributed by atoms with Gasteiger partial charge in [0, 0.05) is 5.69 Å². The van der Waals surface area contributed by atoms with Crippen LogP contribution in [0.25, 0.3) is 0 Å². The minimum absolute atomic E-state index is 0.120. The fourth-order valence-electron chi connectivity index (χ4n) is 5.93. The lowest BCUT2D eigenvalue weighted by Crippen LogP contribution is -2.40. The summed E-state index contributed by atoms with van der Waals surface area (Å²) in [5, 5.41) is 2.51. The molecule has 1 N–H and O–H groups in total. The first-order valence-electron chi connectivity index (χ1n) is 11.3. The van der Waals surface area contributed by atoms with Crippen LogP contribution in [0.2, 0.25) is 0 Å². The van der Waals surface area contributed by atoms with Gasteiger partial charge in [0.15, 0.2) is 6.61 Å². The molecular formula is C26H21FN2O5. The minimum atomic E-state index is -0.754. The molecule has 2 aromatic carbocycles. The highest BCUT2D eigenvalue weighted by atomic mass is 19.1. The number of halogens is 1. The Kier molecular flexibility index (Phi) is 4.65. The van der Waals surface area contributed by atoms with Crippen molar-refractivity contribution in [1.82, 2.24) is 0 Å². The predicted octanol–water partition coefficient (Wildman–Crippen LogP) is 3.18. The van der Waals surface area contributed by atoms with Crippen LogP contribution < -0.4 is 10.2 Å². The third-order valence-electron chi connectivity index (χ3n) is 7.47. The summed E-state index contributed by atoms with van der Waals surface area (Å²) in [5.41, 5.74) is 0.840. The van der Waals surface area contributed by atoms with Gasteiger partial charge in [-0.15, -0.1) is 0 Å². The molecule has 7 nitrogen and oxygen atoms in total. The van der Waals surface area contributed by atoms with E-state index in [2.05, 4.69) is 17.5 Å². The number of imide groups is 1. The number of carbonyl (C=O) groups is 4. The van der Waals surface area contributed by atoms with Gasteiger partial charge >= 0.3 is 5.97 Å². The molecule has 3 fully saturated rings. The van der Waals surface area contributed by atoms with E-state index in [0.29, 0.717) is 23.2 Å². The first-order chi connectivity index (χ1) is 16.4. The van der Waals surface area contributed by atoms with E-state index in [1.807, 2.05) is 0 Å². The van der Waals surface area contributed by atoms with Crippen molar-refractivity contribution in [3.63, 3.8) is 0 Å². The molecule has 7 rings (SSSR count). The average molecular weight is 460 g/mol. The molecule has 2 aromatic rings. The molecule has 8 heteroatoms. The third kappa shape index (κ3) is 3.24. The lowest BCUT2D eigenvalue weighted by molar-refractivity contribution is -0.124. The van der Waals surface area contributed by atoms with E-state index in [9.17, 15) is 23.6 Å². The van der Waals surface area contributed by atoms with Gasteiger partial charge < -0.3 is 10.1 Å². The second kappa shape index (κ2) is 7.62. The van der Waals surface area contributed by atoms with E-state index in [1.54, 1.807) is 12.1 Å². The molecule has 4 aliphatic carbocycles. The lowest BCUT2D eigenvalue weighted by atomic mass is 9.63. The van der Waals surface area contributed by atoms with Crippen molar-refractivity contribution in [2.45, 2.75) is 6.42 Å². The maximum atomic E-state index is 13.3. The molecule has 2 bridgehead atoms. The number of esters is 1. The zero-order valence-electron chi connectivity index (χ0n) is 18.0. The SMILES string of the molecule is O=C(COC(=O)c1cccc(N2C(=O)C3C4C=CC(C5CC45)C3C2=O)c1)Nc1ccc(F)cc1. The van der Waals surface area contributed by atoms with Crippen LogP contribution in [0.3, 0.4) is 0 Å². The highest BCUT2D eigenvalue weighted by Crippen LogP contribution is 2.65. The molecule has 1 aliphatic heterocycles. The monoisotopic (exact) mass is 460 g/mol. The molecular weight excluding hydrogens is 439 g/mol. The Morgan fingerprint density at radius 2 is 1.62 bits per heavy atom. The molecule has 172 valence electrons. The van der Waals surface area contributed by atoms with Gasteiger partial charge in [0.25, 0.3) is 5.91 Å². The summed E-state index contributed by atoms with van der Waals surface area (Å²) >= 11 is 0. The Balaban J connectivity index is 1.14. The highest BCUT2D eigenvalue weighted by Gasteiger charge is 2.67. The van der Waals surface area contributed by atoms with E-state index >= 15 is 0 Å². The van der Waals surface area contributed by atoms with Crippen LogP contribution in [-0.2, 0) is 19.1 Å². The topological polar surface area (TPSA) is 92.8 Å². The summed E-state index contributed by atoms with van der Waals surface area (Å²) in [7, 11) is 0. The molecule has 0 spiro atoms. The number of benzene rings is 2. The normalized spacial score (nSPS) is 30.1. The van der Waals surface area contributed by atoms with Crippen LogP contribution in [0, 0.1) is 41.3 Å². The van der Waals surface area contributed by atoms with Gasteiger partial charge in [0.2, 0.25) is 11.8 Å². The standard InChI is InChI=1S/C26H21FN2O5/c27-14-4-6-15(7-5-14)28-21(30)12-34-26(33)13-2-1-3-16(10-13)29-24(31)22-17-8-9-18(20-11-19(17)20)23(22)25(29)32/h1-10,17-20,22-23H,11-12H2,(H,28,30). The maximum absolute atomic E-state index is 13.3. The van der Waals surface area contributed by atoms with Gasteiger partial charge in [-0.05, 0) is 72.6 Å². The molecule has 2 saturated carbocycles. The van der Waals surface area contributed by atoms with Gasteiger partial charge in [-0.1, -0.05) is 18.2 Å². The van der Waals surface area contributed by atoms with Crippen molar-refractivity contribution >= 4 is 35.1 Å². The summed E-state index contributed by atoms with van der Waals surface area (Å²) in [4.78, 5) is 52.4. The molecule has 6 unspecified atom stereocenters. The van der Waals surface area contributed by atoms with Crippen molar-refractivity contribution in [1.29, 1.82) is 0 Å². The van der Waals surface area contributed by atoms with Crippen molar-refractivity contribution < 1.29 is 28.3 Å². The van der Waals surface area contributed by atoms with Gasteiger partial charge in [0.1, 0.15) is 5.82 Å². The molecule has 1 heterocycles. The summed E-state index contributed by atoms with van der Waals surface area (Å²) in [6.07, 6.45) is 5.31. The molecule has 0 radical (unpaired) electrons. The summed E-state index contributed by atoms with van der Waals surface area (Å²) in [5.74, 6) is -1.56. The number of amides is 3. The molecule has 34 heavy (non-hydrogen) atoms. The Hall–Kier alpha value is -3.81. The number of rotatable bonds is 5. The van der Waals surface area contributed by atoms with E-state index in [1.165, 1.54) is 41.3 Å². The lowest BCUT2D eigenvalue weighted by Gasteiger charge is -2.37. The van der Waals surface area contributed by atoms with Crippen molar-refractivity contribution in [2.24, 2.45) is 35.5 Å². The molecule has 0 aromatic heterocycles. The quantitative estimate of drug-likeness (QED) is 0.420. The Labute approximate surface area is 194 Å². The van der Waals surface area contributed by atoms with Crippen molar-refractivity contribution in [2.75, 3.05) is 16.8 Å². The number of carbonyl (C=O) groups excluding carboxylic acids is 4. The predicted molar refractivity (Wildman–Crippen MR) is 119 cm³/mol. The van der Waals surface area contributed by atoms with Gasteiger partial charge in [-0.3, -0.25) is 14.4 Å². The van der Waals surface area contributed by atoms with Gasteiger partial charge in [-0.2, -0.15) is 0 Å². The van der Waals surface area contributed by atoms with Crippen LogP contribution in [0.4, 0.5) is 15.8 Å². The van der Waals surface area contributed by atoms with Crippen LogP contribution in [0.15, 0.2) is 60.7 Å². The summed E-state index contributed by atoms with van der Waals surface area (Å²) < 4.78 is 18.1.